The molecule has 0 saturated carbocycles. The number of piperazine rings is 1. The van der Waals surface area contributed by atoms with Crippen molar-refractivity contribution in [3.05, 3.63) is 29.6 Å². The molecule has 156 valence electrons. The number of benzene rings is 1. The molecule has 2 unspecified atom stereocenters. The maximum absolute atomic E-state index is 13.8. The highest BCUT2D eigenvalue weighted by Crippen LogP contribution is 2.28. The van der Waals surface area contributed by atoms with Gasteiger partial charge in [-0.2, -0.15) is 0 Å². The van der Waals surface area contributed by atoms with E-state index in [2.05, 4.69) is 27.5 Å². The Kier molecular flexibility index (Phi) is 12.0. The van der Waals surface area contributed by atoms with E-state index < -0.39 is 0 Å². The number of halogens is 4. The summed E-state index contributed by atoms with van der Waals surface area (Å²) in [6, 6.07) is 4.51. The van der Waals surface area contributed by atoms with Gasteiger partial charge in [0, 0.05) is 49.1 Å². The predicted octanol–water partition coefficient (Wildman–Crippen LogP) is 2.68. The fourth-order valence-corrected chi connectivity index (χ4v) is 4.10. The number of carbonyl (C=O) groups is 1. The van der Waals surface area contributed by atoms with Crippen LogP contribution in [-0.2, 0) is 4.79 Å². The molecule has 3 rings (SSSR count). The first-order valence-corrected chi connectivity index (χ1v) is 9.54. The number of nitrogens with one attached hydrogen (secondary N) is 2. The van der Waals surface area contributed by atoms with Gasteiger partial charge in [-0.25, -0.2) is 4.39 Å². The number of carbonyl (C=O) groups excluding carboxylic acids is 1. The van der Waals surface area contributed by atoms with Crippen LogP contribution < -0.4 is 15.5 Å². The highest BCUT2D eigenvalue weighted by Gasteiger charge is 2.26. The maximum Gasteiger partial charge on any atom is 0.238 e. The number of hydrogen-bond donors (Lipinski definition) is 2. The quantitative estimate of drug-likeness (QED) is 0.722. The van der Waals surface area contributed by atoms with Gasteiger partial charge in [-0.05, 0) is 32.2 Å². The Hall–Kier alpha value is -0.440. The van der Waals surface area contributed by atoms with E-state index in [4.69, 9.17) is 0 Å². The molecule has 2 atom stereocenters. The Morgan fingerprint density at radius 3 is 2.52 bits per heavy atom. The van der Waals surface area contributed by atoms with E-state index in [1.54, 1.807) is 17.8 Å². The number of hydrogen-bond acceptors (Lipinski definition) is 5. The first kappa shape index (κ1) is 26.6. The zero-order chi connectivity index (χ0) is 17.1. The lowest BCUT2D eigenvalue weighted by Crippen LogP contribution is -2.46. The van der Waals surface area contributed by atoms with Gasteiger partial charge < -0.3 is 15.1 Å². The largest absolute Gasteiger partial charge is 0.369 e. The first-order valence-electron chi connectivity index (χ1n) is 8.39. The fraction of sp³-hybridized carbons (Fsp3) is 0.588. The Morgan fingerprint density at radius 1 is 1.26 bits per heavy atom. The van der Waals surface area contributed by atoms with Crippen molar-refractivity contribution in [3.8, 4) is 0 Å². The van der Waals surface area contributed by atoms with E-state index in [1.807, 2.05) is 13.0 Å². The smallest absolute Gasteiger partial charge is 0.238 e. The van der Waals surface area contributed by atoms with E-state index >= 15 is 0 Å². The van der Waals surface area contributed by atoms with E-state index in [9.17, 15) is 9.18 Å². The van der Waals surface area contributed by atoms with Gasteiger partial charge in [0.15, 0.2) is 0 Å². The van der Waals surface area contributed by atoms with Crippen molar-refractivity contribution < 1.29 is 9.18 Å². The molecule has 5 nitrogen and oxygen atoms in total. The molecule has 2 fully saturated rings. The monoisotopic (exact) mass is 460 g/mol. The lowest BCUT2D eigenvalue weighted by molar-refractivity contribution is -0.123. The zero-order valence-electron chi connectivity index (χ0n) is 15.4. The molecule has 2 aliphatic rings. The maximum atomic E-state index is 13.8. The van der Waals surface area contributed by atoms with Gasteiger partial charge in [0.05, 0.1) is 12.1 Å². The summed E-state index contributed by atoms with van der Waals surface area (Å²) in [5.41, 5.74) is 1.87. The van der Waals surface area contributed by atoms with Gasteiger partial charge in [0.25, 0.3) is 0 Å². The third-order valence-corrected chi connectivity index (χ3v) is 5.63. The van der Waals surface area contributed by atoms with Crippen LogP contribution in [0.1, 0.15) is 18.5 Å². The van der Waals surface area contributed by atoms with E-state index in [0.29, 0.717) is 0 Å². The van der Waals surface area contributed by atoms with Crippen molar-refractivity contribution in [2.24, 2.45) is 0 Å². The lowest BCUT2D eigenvalue weighted by Gasteiger charge is -2.36. The molecule has 0 spiro atoms. The second kappa shape index (κ2) is 12.2. The van der Waals surface area contributed by atoms with Crippen LogP contribution in [0.25, 0.3) is 0 Å². The van der Waals surface area contributed by atoms with Gasteiger partial charge in [0.1, 0.15) is 5.82 Å². The van der Waals surface area contributed by atoms with Gasteiger partial charge in [0.2, 0.25) is 5.91 Å². The number of thioether (sulfide) groups is 1. The predicted molar refractivity (Wildman–Crippen MR) is 119 cm³/mol. The number of amides is 1. The number of likely N-dealkylation sites (N-methyl/N-ethyl adjacent to an activating group) is 1. The number of nitrogens with zero attached hydrogens (tertiary/aromatic N) is 2. The molecule has 1 amide bonds. The van der Waals surface area contributed by atoms with Crippen molar-refractivity contribution in [1.29, 1.82) is 0 Å². The van der Waals surface area contributed by atoms with Crippen molar-refractivity contribution >= 4 is 60.6 Å². The summed E-state index contributed by atoms with van der Waals surface area (Å²) in [5.74, 6) is 1.31. The van der Waals surface area contributed by atoms with Gasteiger partial charge in [-0.15, -0.1) is 49.0 Å². The molecule has 2 saturated heterocycles. The number of rotatable bonds is 4. The number of anilines is 1. The van der Waals surface area contributed by atoms with Crippen molar-refractivity contribution in [3.63, 3.8) is 0 Å². The molecule has 10 heteroatoms. The van der Waals surface area contributed by atoms with E-state index in [-0.39, 0.29) is 61.0 Å². The molecule has 0 aromatic heterocycles. The van der Waals surface area contributed by atoms with Crippen LogP contribution in [0.15, 0.2) is 18.2 Å². The van der Waals surface area contributed by atoms with Gasteiger partial charge in [-0.3, -0.25) is 10.1 Å². The Labute approximate surface area is 183 Å². The van der Waals surface area contributed by atoms with Gasteiger partial charge >= 0.3 is 0 Å². The zero-order valence-corrected chi connectivity index (χ0v) is 18.7. The van der Waals surface area contributed by atoms with Crippen LogP contribution in [0.5, 0.6) is 0 Å². The third-order valence-electron chi connectivity index (χ3n) is 4.69. The van der Waals surface area contributed by atoms with Crippen LogP contribution >= 0.6 is 49.0 Å². The summed E-state index contributed by atoms with van der Waals surface area (Å²) in [6.07, 6.45) is 0. The van der Waals surface area contributed by atoms with E-state index in [0.717, 1.165) is 49.1 Å². The Bertz CT molecular complexity index is 600. The van der Waals surface area contributed by atoms with Crippen LogP contribution in [-0.4, -0.2) is 61.7 Å². The Morgan fingerprint density at radius 2 is 1.93 bits per heavy atom. The Balaban J connectivity index is 0.00000225. The summed E-state index contributed by atoms with van der Waals surface area (Å²) < 4.78 is 13.8. The molecule has 2 aliphatic heterocycles. The average molecular weight is 462 g/mol. The summed E-state index contributed by atoms with van der Waals surface area (Å²) >= 11 is 1.72. The fourth-order valence-electron chi connectivity index (χ4n) is 3.16. The topological polar surface area (TPSA) is 47.6 Å². The molecular formula is C17H28Cl3FN4OS. The summed E-state index contributed by atoms with van der Waals surface area (Å²) in [5, 5.41) is 6.20. The molecule has 2 heterocycles. The normalized spacial score (nSPS) is 20.7. The second-order valence-corrected chi connectivity index (χ2v) is 7.53. The molecule has 0 bridgehead atoms. The molecular weight excluding hydrogens is 434 g/mol. The van der Waals surface area contributed by atoms with Crippen LogP contribution in [0.2, 0.25) is 0 Å². The highest BCUT2D eigenvalue weighted by molar-refractivity contribution is 7.99. The van der Waals surface area contributed by atoms with Crippen molar-refractivity contribution in [1.82, 2.24) is 15.5 Å². The molecule has 1 aromatic rings. The van der Waals surface area contributed by atoms with E-state index in [1.165, 1.54) is 6.07 Å². The van der Waals surface area contributed by atoms with Crippen molar-refractivity contribution in [2.45, 2.75) is 19.0 Å². The minimum atomic E-state index is -0.265. The lowest BCUT2D eigenvalue weighted by atomic mass is 10.0. The van der Waals surface area contributed by atoms with Crippen LogP contribution in [0.4, 0.5) is 10.1 Å². The molecule has 27 heavy (non-hydrogen) atoms. The minimum Gasteiger partial charge on any atom is -0.369 e. The van der Waals surface area contributed by atoms with Crippen molar-refractivity contribution in [2.75, 3.05) is 49.8 Å². The van der Waals surface area contributed by atoms with Crippen LogP contribution in [0.3, 0.4) is 0 Å². The summed E-state index contributed by atoms with van der Waals surface area (Å²) in [6.45, 7) is 5.73. The van der Waals surface area contributed by atoms with Crippen LogP contribution in [0, 0.1) is 5.82 Å². The average Bonchev–Trinajstić information content (AvgIpc) is 3.10. The second-order valence-electron chi connectivity index (χ2n) is 6.50. The molecule has 2 N–H and O–H groups in total. The SMILES string of the molecule is CC(NC(=O)C1CSCN1)c1cc(F)ccc1N1CCN(C)CC1.Cl.Cl.Cl. The summed E-state index contributed by atoms with van der Waals surface area (Å²) in [7, 11) is 2.11. The molecule has 0 aliphatic carbocycles. The third kappa shape index (κ3) is 6.84. The minimum absolute atomic E-state index is 0. The summed E-state index contributed by atoms with van der Waals surface area (Å²) in [4.78, 5) is 16.9. The molecule has 1 aromatic carbocycles. The van der Waals surface area contributed by atoms with Gasteiger partial charge in [-0.1, -0.05) is 0 Å². The highest BCUT2D eigenvalue weighted by atomic mass is 35.5. The molecule has 0 radical (unpaired) electrons. The first-order chi connectivity index (χ1) is 11.5. The standard InChI is InChI=1S/C17H25FN4OS.3ClH/c1-12(20-17(23)15-10-24-11-19-15)14-9-13(18)3-4-16(14)22-7-5-21(2)6-8-22;;;/h3-4,9,12,15,19H,5-8,10-11H2,1-2H3,(H,20,23);3*1H.